The van der Waals surface area contributed by atoms with E-state index in [9.17, 15) is 14.7 Å². The average molecular weight is 294 g/mol. The highest BCUT2D eigenvalue weighted by molar-refractivity contribution is 5.85. The number of carboxylic acid groups (broad SMARTS) is 1. The van der Waals surface area contributed by atoms with Crippen molar-refractivity contribution in [1.82, 2.24) is 20.1 Å². The lowest BCUT2D eigenvalue weighted by atomic mass is 9.95. The van der Waals surface area contributed by atoms with Crippen LogP contribution in [-0.2, 0) is 23.1 Å². The summed E-state index contributed by atoms with van der Waals surface area (Å²) in [5.74, 6) is -0.983. The molecule has 3 unspecified atom stereocenters. The van der Waals surface area contributed by atoms with Gasteiger partial charge < -0.3 is 10.4 Å². The Balaban J connectivity index is 1.85. The number of carbonyl (C=O) groups excluding carboxylic acids is 1. The smallest absolute Gasteiger partial charge is 0.307 e. The van der Waals surface area contributed by atoms with Gasteiger partial charge in [0.25, 0.3) is 0 Å². The van der Waals surface area contributed by atoms with Crippen LogP contribution >= 0.6 is 0 Å². The number of hydrogen-bond donors (Lipinski definition) is 2. The third-order valence-corrected chi connectivity index (χ3v) is 4.19. The van der Waals surface area contributed by atoms with Gasteiger partial charge in [-0.05, 0) is 18.8 Å². The molecule has 2 N–H and O–H groups in total. The number of carboxylic acids is 1. The van der Waals surface area contributed by atoms with Gasteiger partial charge in [0.05, 0.1) is 11.8 Å². The summed E-state index contributed by atoms with van der Waals surface area (Å²) in [6.45, 7) is 2.47. The van der Waals surface area contributed by atoms with Crippen molar-refractivity contribution < 1.29 is 14.7 Å². The second kappa shape index (κ2) is 6.69. The second-order valence-corrected chi connectivity index (χ2v) is 5.67. The van der Waals surface area contributed by atoms with E-state index in [1.165, 1.54) is 0 Å². The third-order valence-electron chi connectivity index (χ3n) is 4.19. The van der Waals surface area contributed by atoms with Gasteiger partial charge in [-0.3, -0.25) is 14.3 Å². The molecular weight excluding hydrogens is 272 g/mol. The Hall–Kier alpha value is -1.92. The number of amides is 1. The molecule has 7 nitrogen and oxygen atoms in total. The molecule has 2 rings (SSSR count). The van der Waals surface area contributed by atoms with Crippen LogP contribution in [0.1, 0.15) is 32.0 Å². The van der Waals surface area contributed by atoms with E-state index in [2.05, 4.69) is 15.4 Å². The molecule has 0 spiro atoms. The molecule has 1 aromatic heterocycles. The van der Waals surface area contributed by atoms with Crippen molar-refractivity contribution in [2.75, 3.05) is 6.54 Å². The normalized spacial score (nSPS) is 25.0. The summed E-state index contributed by atoms with van der Waals surface area (Å²) in [7, 11) is 1.79. The van der Waals surface area contributed by atoms with E-state index in [4.69, 9.17) is 0 Å². The highest BCUT2D eigenvalue weighted by atomic mass is 16.4. The van der Waals surface area contributed by atoms with Crippen LogP contribution in [0.2, 0.25) is 0 Å². The predicted octanol–water partition coefficient (Wildman–Crippen LogP) is 0.611. The number of rotatable bonds is 6. The van der Waals surface area contributed by atoms with E-state index >= 15 is 0 Å². The van der Waals surface area contributed by atoms with E-state index in [1.807, 2.05) is 6.92 Å². The number of aromatic nitrogens is 3. The van der Waals surface area contributed by atoms with Crippen LogP contribution in [0.4, 0.5) is 0 Å². The van der Waals surface area contributed by atoms with E-state index in [0.29, 0.717) is 37.5 Å². The average Bonchev–Trinajstić information content (AvgIpc) is 3.04. The van der Waals surface area contributed by atoms with E-state index in [1.54, 1.807) is 18.1 Å². The summed E-state index contributed by atoms with van der Waals surface area (Å²) in [4.78, 5) is 27.6. The Kier molecular flexibility index (Phi) is 4.93. The van der Waals surface area contributed by atoms with E-state index in [0.717, 1.165) is 6.42 Å². The topological polar surface area (TPSA) is 97.1 Å². The summed E-state index contributed by atoms with van der Waals surface area (Å²) in [6, 6.07) is 0. The van der Waals surface area contributed by atoms with Crippen LogP contribution in [0, 0.1) is 17.8 Å². The first-order valence-electron chi connectivity index (χ1n) is 7.36. The van der Waals surface area contributed by atoms with Crippen molar-refractivity contribution in [1.29, 1.82) is 0 Å². The lowest BCUT2D eigenvalue weighted by molar-refractivity contribution is -0.146. The second-order valence-electron chi connectivity index (χ2n) is 5.67. The monoisotopic (exact) mass is 294 g/mol. The highest BCUT2D eigenvalue weighted by Gasteiger charge is 2.41. The summed E-state index contributed by atoms with van der Waals surface area (Å²) >= 11 is 0. The van der Waals surface area contributed by atoms with Gasteiger partial charge in [-0.2, -0.15) is 5.10 Å². The Bertz CT molecular complexity index is 514. The molecule has 0 radical (unpaired) electrons. The number of nitrogens with zero attached hydrogens (tertiary/aromatic N) is 3. The van der Waals surface area contributed by atoms with Gasteiger partial charge in [-0.1, -0.05) is 13.3 Å². The Morgan fingerprint density at radius 3 is 2.71 bits per heavy atom. The lowest BCUT2D eigenvalue weighted by Crippen LogP contribution is -2.36. The summed E-state index contributed by atoms with van der Waals surface area (Å²) in [5, 5.41) is 16.2. The molecule has 1 saturated carbocycles. The molecule has 1 fully saturated rings. The molecule has 21 heavy (non-hydrogen) atoms. The van der Waals surface area contributed by atoms with Gasteiger partial charge in [0.2, 0.25) is 5.91 Å². The van der Waals surface area contributed by atoms with Crippen LogP contribution in [0.25, 0.3) is 0 Å². The fourth-order valence-electron chi connectivity index (χ4n) is 2.97. The van der Waals surface area contributed by atoms with Gasteiger partial charge in [0.15, 0.2) is 5.82 Å². The first-order chi connectivity index (χ1) is 10.0. The SMILES string of the molecule is CCC1CC(C(=O)O)C(C(=O)NCCc2ncn(C)n2)C1. The van der Waals surface area contributed by atoms with Crippen molar-refractivity contribution in [3.8, 4) is 0 Å². The molecule has 3 atom stereocenters. The summed E-state index contributed by atoms with van der Waals surface area (Å²) < 4.78 is 1.61. The van der Waals surface area contributed by atoms with Crippen LogP contribution in [0.15, 0.2) is 6.33 Å². The maximum Gasteiger partial charge on any atom is 0.307 e. The minimum atomic E-state index is -0.863. The zero-order valence-corrected chi connectivity index (χ0v) is 12.5. The number of hydrogen-bond acceptors (Lipinski definition) is 4. The fourth-order valence-corrected chi connectivity index (χ4v) is 2.97. The molecule has 0 bridgehead atoms. The third kappa shape index (κ3) is 3.80. The largest absolute Gasteiger partial charge is 0.481 e. The maximum absolute atomic E-state index is 12.2. The minimum Gasteiger partial charge on any atom is -0.481 e. The lowest BCUT2D eigenvalue weighted by Gasteiger charge is -2.15. The molecule has 0 aliphatic heterocycles. The molecule has 116 valence electrons. The van der Waals surface area contributed by atoms with Crippen LogP contribution in [0.5, 0.6) is 0 Å². The first-order valence-corrected chi connectivity index (χ1v) is 7.36. The first kappa shape index (κ1) is 15.5. The fraction of sp³-hybridized carbons (Fsp3) is 0.714. The molecule has 1 amide bonds. The molecule has 7 heteroatoms. The van der Waals surface area contributed by atoms with E-state index < -0.39 is 17.8 Å². The van der Waals surface area contributed by atoms with Gasteiger partial charge in [-0.25, -0.2) is 4.98 Å². The number of carbonyl (C=O) groups is 2. The van der Waals surface area contributed by atoms with Crippen molar-refractivity contribution in [2.45, 2.75) is 32.6 Å². The number of aryl methyl sites for hydroxylation is 1. The van der Waals surface area contributed by atoms with Crippen LogP contribution in [0.3, 0.4) is 0 Å². The quantitative estimate of drug-likeness (QED) is 0.801. The molecule has 0 aromatic carbocycles. The van der Waals surface area contributed by atoms with Gasteiger partial charge in [-0.15, -0.1) is 0 Å². The van der Waals surface area contributed by atoms with Crippen molar-refractivity contribution in [3.05, 3.63) is 12.2 Å². The number of nitrogens with one attached hydrogen (secondary N) is 1. The Morgan fingerprint density at radius 1 is 1.43 bits per heavy atom. The molecule has 0 saturated heterocycles. The molecular formula is C14H22N4O3. The van der Waals surface area contributed by atoms with Crippen LogP contribution in [-0.4, -0.2) is 38.3 Å². The van der Waals surface area contributed by atoms with E-state index in [-0.39, 0.29) is 5.91 Å². The molecule has 1 aliphatic rings. The van der Waals surface area contributed by atoms with Gasteiger partial charge in [0, 0.05) is 20.0 Å². The van der Waals surface area contributed by atoms with Crippen molar-refractivity contribution >= 4 is 11.9 Å². The highest BCUT2D eigenvalue weighted by Crippen LogP contribution is 2.38. The van der Waals surface area contributed by atoms with Gasteiger partial charge in [0.1, 0.15) is 6.33 Å². The molecule has 1 aliphatic carbocycles. The summed E-state index contributed by atoms with van der Waals surface area (Å²) in [6.07, 6.45) is 4.35. The zero-order chi connectivity index (χ0) is 15.4. The predicted molar refractivity (Wildman–Crippen MR) is 75.3 cm³/mol. The standard InChI is InChI=1S/C14H22N4O3/c1-3-9-6-10(11(7-9)14(20)21)13(19)15-5-4-12-16-8-18(2)17-12/h8-11H,3-7H2,1-2H3,(H,15,19)(H,20,21). The van der Waals surface area contributed by atoms with Gasteiger partial charge >= 0.3 is 5.97 Å². The molecule has 1 aromatic rings. The maximum atomic E-state index is 12.2. The Morgan fingerprint density at radius 2 is 2.14 bits per heavy atom. The van der Waals surface area contributed by atoms with Crippen LogP contribution < -0.4 is 5.32 Å². The molecule has 1 heterocycles. The number of aliphatic carboxylic acids is 1. The van der Waals surface area contributed by atoms with Crippen molar-refractivity contribution in [3.63, 3.8) is 0 Å². The summed E-state index contributed by atoms with van der Waals surface area (Å²) in [5.41, 5.74) is 0. The van der Waals surface area contributed by atoms with Crippen molar-refractivity contribution in [2.24, 2.45) is 24.8 Å². The minimum absolute atomic E-state index is 0.158. The zero-order valence-electron chi connectivity index (χ0n) is 12.5. The Labute approximate surface area is 123 Å².